The van der Waals surface area contributed by atoms with Crippen molar-refractivity contribution in [2.24, 2.45) is 0 Å². The summed E-state index contributed by atoms with van der Waals surface area (Å²) < 4.78 is 10.1. The van der Waals surface area contributed by atoms with E-state index in [1.54, 1.807) is 12.4 Å². The topological polar surface area (TPSA) is 74.8 Å². The van der Waals surface area contributed by atoms with Gasteiger partial charge in [-0.1, -0.05) is 42.1 Å². The Labute approximate surface area is 209 Å². The second-order valence-corrected chi connectivity index (χ2v) is 9.80. The van der Waals surface area contributed by atoms with Crippen LogP contribution in [-0.4, -0.2) is 48.6 Å². The van der Waals surface area contributed by atoms with Crippen molar-refractivity contribution in [1.82, 2.24) is 24.3 Å². The molecule has 0 aliphatic carbocycles. The van der Waals surface area contributed by atoms with Gasteiger partial charge in [-0.15, -0.1) is 10.2 Å². The van der Waals surface area contributed by atoms with Gasteiger partial charge in [0.1, 0.15) is 0 Å². The monoisotopic (exact) mass is 487 g/mol. The summed E-state index contributed by atoms with van der Waals surface area (Å²) in [7, 11) is 0. The maximum atomic E-state index is 13.3. The third-order valence-electron chi connectivity index (χ3n) is 6.46. The molecule has 180 valence electrons. The number of aryl methyl sites for hydroxylation is 1. The smallest absolute Gasteiger partial charge is 0.192 e. The summed E-state index contributed by atoms with van der Waals surface area (Å²) >= 11 is 1.43. The predicted octanol–water partition coefficient (Wildman–Crippen LogP) is 4.96. The Bertz CT molecular complexity index is 1290. The maximum Gasteiger partial charge on any atom is 0.192 e. The molecular formula is C27H29N5O2S. The lowest BCUT2D eigenvalue weighted by atomic mass is 10.2. The lowest BCUT2D eigenvalue weighted by Crippen LogP contribution is -2.17. The molecule has 1 aromatic carbocycles. The zero-order chi connectivity index (χ0) is 24.2. The molecule has 0 radical (unpaired) electrons. The SMILES string of the molecule is Cc1cc(C(=O)CSc2nnc(-c3ccncc3)n2Cc2ccccc2)c(C)n1CC1CCCO1. The van der Waals surface area contributed by atoms with Crippen LogP contribution in [0.3, 0.4) is 0 Å². The third kappa shape index (κ3) is 5.23. The first-order chi connectivity index (χ1) is 17.1. The average Bonchev–Trinajstić information content (AvgIpc) is 3.61. The molecule has 0 amide bonds. The molecular weight excluding hydrogens is 458 g/mol. The van der Waals surface area contributed by atoms with Crippen LogP contribution in [0.2, 0.25) is 0 Å². The van der Waals surface area contributed by atoms with Crippen LogP contribution < -0.4 is 0 Å². The Morgan fingerprint density at radius 1 is 1.09 bits per heavy atom. The number of carbonyl (C=O) groups excluding carboxylic acids is 1. The summed E-state index contributed by atoms with van der Waals surface area (Å²) in [5.74, 6) is 1.16. The third-order valence-corrected chi connectivity index (χ3v) is 7.42. The Balaban J connectivity index is 1.36. The molecule has 0 saturated carbocycles. The van der Waals surface area contributed by atoms with Crippen molar-refractivity contribution in [1.29, 1.82) is 0 Å². The Hall–Kier alpha value is -3.23. The number of pyridine rings is 1. The molecule has 1 fully saturated rings. The first kappa shape index (κ1) is 23.5. The van der Waals surface area contributed by atoms with Crippen LogP contribution in [0.5, 0.6) is 0 Å². The van der Waals surface area contributed by atoms with Gasteiger partial charge in [0.2, 0.25) is 0 Å². The number of aromatic nitrogens is 5. The van der Waals surface area contributed by atoms with Gasteiger partial charge in [-0.05, 0) is 50.5 Å². The molecule has 1 unspecified atom stereocenters. The standard InChI is InChI=1S/C27H29N5O2S/c1-19-15-24(20(2)31(19)17-23-9-6-14-34-23)25(33)18-35-27-30-29-26(22-10-12-28-13-11-22)32(27)16-21-7-4-3-5-8-21/h3-5,7-8,10-13,15,23H,6,9,14,16-18H2,1-2H3. The van der Waals surface area contributed by atoms with E-state index in [-0.39, 0.29) is 11.9 Å². The van der Waals surface area contributed by atoms with Crippen molar-refractivity contribution in [3.05, 3.63) is 83.4 Å². The van der Waals surface area contributed by atoms with Gasteiger partial charge < -0.3 is 9.30 Å². The zero-order valence-electron chi connectivity index (χ0n) is 20.1. The number of Topliss-reactive ketones (excluding diaryl/α,β-unsaturated/α-hetero) is 1. The summed E-state index contributed by atoms with van der Waals surface area (Å²) in [6.45, 7) is 6.34. The van der Waals surface area contributed by atoms with Gasteiger partial charge in [0.25, 0.3) is 0 Å². The van der Waals surface area contributed by atoms with Crippen molar-refractivity contribution in [2.45, 2.75) is 51.0 Å². The molecule has 4 aromatic rings. The van der Waals surface area contributed by atoms with E-state index in [0.717, 1.165) is 65.1 Å². The van der Waals surface area contributed by atoms with Crippen molar-refractivity contribution in [3.63, 3.8) is 0 Å². The molecule has 4 heterocycles. The number of nitrogens with zero attached hydrogens (tertiary/aromatic N) is 5. The first-order valence-electron chi connectivity index (χ1n) is 11.9. The lowest BCUT2D eigenvalue weighted by molar-refractivity contribution is 0.0957. The number of carbonyl (C=O) groups is 1. The van der Waals surface area contributed by atoms with E-state index >= 15 is 0 Å². The minimum Gasteiger partial charge on any atom is -0.376 e. The molecule has 0 N–H and O–H groups in total. The molecule has 3 aromatic heterocycles. The van der Waals surface area contributed by atoms with Gasteiger partial charge >= 0.3 is 0 Å². The van der Waals surface area contributed by atoms with E-state index in [4.69, 9.17) is 4.74 Å². The van der Waals surface area contributed by atoms with Gasteiger partial charge in [-0.2, -0.15) is 0 Å². The van der Waals surface area contributed by atoms with Crippen LogP contribution in [0.1, 0.15) is 40.2 Å². The minimum absolute atomic E-state index is 0.0985. The average molecular weight is 488 g/mol. The highest BCUT2D eigenvalue weighted by molar-refractivity contribution is 7.99. The molecule has 1 saturated heterocycles. The highest BCUT2D eigenvalue weighted by Gasteiger charge is 2.22. The first-order valence-corrected chi connectivity index (χ1v) is 12.9. The van der Waals surface area contributed by atoms with Crippen LogP contribution in [0.15, 0.2) is 66.1 Å². The molecule has 35 heavy (non-hydrogen) atoms. The van der Waals surface area contributed by atoms with Crippen LogP contribution in [-0.2, 0) is 17.8 Å². The largest absolute Gasteiger partial charge is 0.376 e. The fraction of sp³-hybridized carbons (Fsp3) is 0.333. The molecule has 1 aliphatic rings. The Kier molecular flexibility index (Phi) is 7.11. The molecule has 1 aliphatic heterocycles. The van der Waals surface area contributed by atoms with E-state index in [0.29, 0.717) is 12.3 Å². The molecule has 7 nitrogen and oxygen atoms in total. The fourth-order valence-corrected chi connectivity index (χ4v) is 5.40. The summed E-state index contributed by atoms with van der Waals surface area (Å²) in [6.07, 6.45) is 5.92. The van der Waals surface area contributed by atoms with Crippen molar-refractivity contribution in [2.75, 3.05) is 12.4 Å². The summed E-state index contributed by atoms with van der Waals surface area (Å²) in [6, 6.07) is 16.1. The van der Waals surface area contributed by atoms with Crippen LogP contribution in [0, 0.1) is 13.8 Å². The van der Waals surface area contributed by atoms with Crippen molar-refractivity contribution >= 4 is 17.5 Å². The second kappa shape index (κ2) is 10.6. The van der Waals surface area contributed by atoms with Crippen LogP contribution in [0.4, 0.5) is 0 Å². The van der Waals surface area contributed by atoms with E-state index in [1.807, 2.05) is 43.3 Å². The quantitative estimate of drug-likeness (QED) is 0.245. The number of ether oxygens (including phenoxy) is 1. The number of hydrogen-bond donors (Lipinski definition) is 0. The summed E-state index contributed by atoms with van der Waals surface area (Å²) in [5, 5.41) is 9.64. The van der Waals surface area contributed by atoms with Crippen molar-refractivity contribution in [3.8, 4) is 11.4 Å². The van der Waals surface area contributed by atoms with Gasteiger partial charge in [-0.25, -0.2) is 0 Å². The Morgan fingerprint density at radius 3 is 2.63 bits per heavy atom. The van der Waals surface area contributed by atoms with E-state index in [9.17, 15) is 4.79 Å². The second-order valence-electron chi connectivity index (χ2n) is 8.86. The summed E-state index contributed by atoms with van der Waals surface area (Å²) in [5.41, 5.74) is 4.97. The normalized spacial score (nSPS) is 15.5. The van der Waals surface area contributed by atoms with Gasteiger partial charge in [0, 0.05) is 48.1 Å². The fourth-order valence-electron chi connectivity index (χ4n) is 4.58. The highest BCUT2D eigenvalue weighted by atomic mass is 32.2. The predicted molar refractivity (Wildman–Crippen MR) is 137 cm³/mol. The maximum absolute atomic E-state index is 13.3. The highest BCUT2D eigenvalue weighted by Crippen LogP contribution is 2.27. The zero-order valence-corrected chi connectivity index (χ0v) is 20.9. The van der Waals surface area contributed by atoms with E-state index < -0.39 is 0 Å². The lowest BCUT2D eigenvalue weighted by Gasteiger charge is -2.14. The van der Waals surface area contributed by atoms with Gasteiger partial charge in [0.15, 0.2) is 16.8 Å². The molecule has 5 rings (SSSR count). The number of hydrogen-bond acceptors (Lipinski definition) is 6. The number of benzene rings is 1. The molecule has 8 heteroatoms. The summed E-state index contributed by atoms with van der Waals surface area (Å²) in [4.78, 5) is 17.4. The number of rotatable bonds is 9. The van der Waals surface area contributed by atoms with Crippen LogP contribution in [0.25, 0.3) is 11.4 Å². The number of ketones is 1. The van der Waals surface area contributed by atoms with Crippen molar-refractivity contribution < 1.29 is 9.53 Å². The van der Waals surface area contributed by atoms with Gasteiger partial charge in [0.05, 0.1) is 18.4 Å². The van der Waals surface area contributed by atoms with E-state index in [2.05, 4.69) is 43.4 Å². The van der Waals surface area contributed by atoms with E-state index in [1.165, 1.54) is 11.8 Å². The minimum atomic E-state index is 0.0985. The van der Waals surface area contributed by atoms with Crippen LogP contribution >= 0.6 is 11.8 Å². The molecule has 0 spiro atoms. The van der Waals surface area contributed by atoms with Gasteiger partial charge in [-0.3, -0.25) is 14.3 Å². The molecule has 1 atom stereocenters. The molecule has 0 bridgehead atoms. The Morgan fingerprint density at radius 2 is 1.89 bits per heavy atom. The number of thioether (sulfide) groups is 1.